The fraction of sp³-hybridized carbons (Fsp3) is 0.278. The molecule has 130 valence electrons. The number of aryl methyl sites for hydroxylation is 1. The highest BCUT2D eigenvalue weighted by Gasteiger charge is 2.32. The zero-order chi connectivity index (χ0) is 18.0. The molecule has 0 radical (unpaired) electrons. The maximum absolute atomic E-state index is 13.2. The van der Waals surface area contributed by atoms with Gasteiger partial charge in [-0.05, 0) is 31.0 Å². The number of halogens is 1. The molecule has 1 aliphatic rings. The molecule has 25 heavy (non-hydrogen) atoms. The zero-order valence-electron chi connectivity index (χ0n) is 13.7. The minimum Gasteiger partial charge on any atom is -0.368 e. The first-order valence-electron chi connectivity index (χ1n) is 7.99. The summed E-state index contributed by atoms with van der Waals surface area (Å²) >= 11 is 0. The lowest BCUT2D eigenvalue weighted by Gasteiger charge is -2.18. The second-order valence-corrected chi connectivity index (χ2v) is 6.15. The van der Waals surface area contributed by atoms with Crippen LogP contribution in [-0.2, 0) is 11.3 Å². The van der Waals surface area contributed by atoms with Gasteiger partial charge in [-0.15, -0.1) is 0 Å². The summed E-state index contributed by atoms with van der Waals surface area (Å²) in [6, 6.07) is 10.7. The number of benzene rings is 2. The van der Waals surface area contributed by atoms with E-state index >= 15 is 0 Å². The lowest BCUT2D eigenvalue weighted by Crippen LogP contribution is -2.33. The largest absolute Gasteiger partial charge is 0.368 e. The van der Waals surface area contributed by atoms with E-state index in [0.717, 1.165) is 23.3 Å². The first-order chi connectivity index (χ1) is 11.9. The average molecular weight is 343 g/mol. The Hall–Kier alpha value is -2.96. The zero-order valence-corrected chi connectivity index (χ0v) is 13.7. The smallest absolute Gasteiger partial charge is 0.295 e. The molecule has 0 aromatic heterocycles. The molecule has 1 aliphatic heterocycles. The van der Waals surface area contributed by atoms with Crippen molar-refractivity contribution in [3.8, 4) is 0 Å². The van der Waals surface area contributed by atoms with E-state index in [1.807, 2.05) is 31.2 Å². The number of nitro groups is 1. The standard InChI is InChI=1S/C18H18FN3O3/c1-12-2-4-13(5-3-12)11-21-9-8-16(18(21)23)20-15-7-6-14(19)10-17(15)22(24)25/h2-7,10,16,20H,8-9,11H2,1H3. The first kappa shape index (κ1) is 16.9. The Bertz CT molecular complexity index is 808. The van der Waals surface area contributed by atoms with E-state index in [1.54, 1.807) is 4.90 Å². The molecule has 0 spiro atoms. The van der Waals surface area contributed by atoms with Crippen molar-refractivity contribution in [2.24, 2.45) is 0 Å². The minimum atomic E-state index is -0.684. The normalized spacial score (nSPS) is 17.0. The van der Waals surface area contributed by atoms with E-state index in [-0.39, 0.29) is 17.3 Å². The SMILES string of the molecule is Cc1ccc(CN2CCC(Nc3ccc(F)cc3[N+](=O)[O-])C2=O)cc1. The van der Waals surface area contributed by atoms with Crippen LogP contribution in [0.2, 0.25) is 0 Å². The van der Waals surface area contributed by atoms with Crippen molar-refractivity contribution >= 4 is 17.3 Å². The second-order valence-electron chi connectivity index (χ2n) is 6.15. The van der Waals surface area contributed by atoms with Gasteiger partial charge in [0.25, 0.3) is 5.69 Å². The van der Waals surface area contributed by atoms with E-state index in [2.05, 4.69) is 5.32 Å². The average Bonchev–Trinajstić information content (AvgIpc) is 2.91. The number of nitrogens with one attached hydrogen (secondary N) is 1. The second kappa shape index (κ2) is 6.88. The van der Waals surface area contributed by atoms with Crippen molar-refractivity contribution in [2.75, 3.05) is 11.9 Å². The number of hydrogen-bond acceptors (Lipinski definition) is 4. The summed E-state index contributed by atoms with van der Waals surface area (Å²) in [6.45, 7) is 3.07. The Balaban J connectivity index is 1.70. The summed E-state index contributed by atoms with van der Waals surface area (Å²) in [4.78, 5) is 24.7. The topological polar surface area (TPSA) is 75.5 Å². The summed E-state index contributed by atoms with van der Waals surface area (Å²) in [6.07, 6.45) is 0.541. The van der Waals surface area contributed by atoms with Crippen LogP contribution in [0.15, 0.2) is 42.5 Å². The third-order valence-electron chi connectivity index (χ3n) is 4.28. The predicted molar refractivity (Wildman–Crippen MR) is 91.7 cm³/mol. The van der Waals surface area contributed by atoms with Crippen LogP contribution in [0.4, 0.5) is 15.8 Å². The van der Waals surface area contributed by atoms with E-state index in [9.17, 15) is 19.3 Å². The van der Waals surface area contributed by atoms with Gasteiger partial charge in [-0.25, -0.2) is 4.39 Å². The minimum absolute atomic E-state index is 0.112. The molecule has 1 fully saturated rings. The number of nitrogens with zero attached hydrogens (tertiary/aromatic N) is 2. The van der Waals surface area contributed by atoms with Crippen LogP contribution in [-0.4, -0.2) is 28.3 Å². The highest BCUT2D eigenvalue weighted by molar-refractivity contribution is 5.87. The molecule has 1 atom stereocenters. The fourth-order valence-corrected chi connectivity index (χ4v) is 2.91. The molecular weight excluding hydrogens is 325 g/mol. The van der Waals surface area contributed by atoms with Crippen LogP contribution in [0.25, 0.3) is 0 Å². The molecule has 0 bridgehead atoms. The third-order valence-corrected chi connectivity index (χ3v) is 4.28. The molecule has 2 aromatic rings. The van der Waals surface area contributed by atoms with Gasteiger partial charge in [0.05, 0.1) is 11.0 Å². The molecule has 6 nitrogen and oxygen atoms in total. The highest BCUT2D eigenvalue weighted by Crippen LogP contribution is 2.28. The fourth-order valence-electron chi connectivity index (χ4n) is 2.91. The summed E-state index contributed by atoms with van der Waals surface area (Å²) in [5, 5.41) is 14.0. The van der Waals surface area contributed by atoms with E-state index in [1.165, 1.54) is 6.07 Å². The van der Waals surface area contributed by atoms with Gasteiger partial charge >= 0.3 is 0 Å². The monoisotopic (exact) mass is 343 g/mol. The summed E-state index contributed by atoms with van der Waals surface area (Å²) in [5.74, 6) is -0.796. The first-order valence-corrected chi connectivity index (χ1v) is 7.99. The lowest BCUT2D eigenvalue weighted by atomic mass is 10.1. The van der Waals surface area contributed by atoms with Crippen molar-refractivity contribution in [1.29, 1.82) is 0 Å². The summed E-state index contributed by atoms with van der Waals surface area (Å²) in [5.41, 5.74) is 1.97. The number of rotatable bonds is 5. The van der Waals surface area contributed by atoms with Crippen molar-refractivity contribution in [1.82, 2.24) is 4.90 Å². The Morgan fingerprint density at radius 2 is 2.00 bits per heavy atom. The van der Waals surface area contributed by atoms with Crippen molar-refractivity contribution < 1.29 is 14.1 Å². The maximum Gasteiger partial charge on any atom is 0.295 e. The van der Waals surface area contributed by atoms with Crippen LogP contribution in [0.5, 0.6) is 0 Å². The van der Waals surface area contributed by atoms with E-state index in [0.29, 0.717) is 19.5 Å². The number of hydrogen-bond donors (Lipinski definition) is 1. The van der Waals surface area contributed by atoms with Crippen LogP contribution < -0.4 is 5.32 Å². The number of carbonyl (C=O) groups excluding carboxylic acids is 1. The van der Waals surface area contributed by atoms with Gasteiger partial charge in [0.2, 0.25) is 5.91 Å². The molecule has 1 saturated heterocycles. The van der Waals surface area contributed by atoms with Gasteiger partial charge in [-0.1, -0.05) is 29.8 Å². The number of carbonyl (C=O) groups is 1. The molecule has 0 saturated carbocycles. The van der Waals surface area contributed by atoms with Crippen LogP contribution >= 0.6 is 0 Å². The number of likely N-dealkylation sites (tertiary alicyclic amines) is 1. The molecule has 7 heteroatoms. The number of amides is 1. The third kappa shape index (κ3) is 3.76. The Kier molecular flexibility index (Phi) is 4.65. The molecule has 0 aliphatic carbocycles. The molecule has 1 N–H and O–H groups in total. The molecule has 1 unspecified atom stereocenters. The highest BCUT2D eigenvalue weighted by atomic mass is 19.1. The van der Waals surface area contributed by atoms with Gasteiger partial charge in [0, 0.05) is 13.1 Å². The lowest BCUT2D eigenvalue weighted by molar-refractivity contribution is -0.384. The molecule has 1 amide bonds. The van der Waals surface area contributed by atoms with Crippen LogP contribution in [0.3, 0.4) is 0 Å². The summed E-state index contributed by atoms with van der Waals surface area (Å²) in [7, 11) is 0. The van der Waals surface area contributed by atoms with Gasteiger partial charge in [0.1, 0.15) is 17.5 Å². The predicted octanol–water partition coefficient (Wildman–Crippen LogP) is 3.26. The van der Waals surface area contributed by atoms with Crippen LogP contribution in [0.1, 0.15) is 17.5 Å². The maximum atomic E-state index is 13.2. The molecular formula is C18H18FN3O3. The van der Waals surface area contributed by atoms with Gasteiger partial charge in [-0.3, -0.25) is 14.9 Å². The Morgan fingerprint density at radius 3 is 2.68 bits per heavy atom. The summed E-state index contributed by atoms with van der Waals surface area (Å²) < 4.78 is 13.2. The molecule has 3 rings (SSSR count). The Labute approximate surface area is 144 Å². The van der Waals surface area contributed by atoms with Crippen LogP contribution in [0, 0.1) is 22.9 Å². The van der Waals surface area contributed by atoms with E-state index in [4.69, 9.17) is 0 Å². The van der Waals surface area contributed by atoms with Gasteiger partial charge in [0.15, 0.2) is 0 Å². The van der Waals surface area contributed by atoms with Gasteiger partial charge in [-0.2, -0.15) is 0 Å². The number of anilines is 1. The molecule has 2 aromatic carbocycles. The quantitative estimate of drug-likeness (QED) is 0.668. The molecule has 1 heterocycles. The van der Waals surface area contributed by atoms with Crippen molar-refractivity contribution in [3.05, 3.63) is 69.5 Å². The number of nitro benzene ring substituents is 1. The van der Waals surface area contributed by atoms with E-state index < -0.39 is 16.8 Å². The Morgan fingerprint density at radius 1 is 1.28 bits per heavy atom. The van der Waals surface area contributed by atoms with Gasteiger partial charge < -0.3 is 10.2 Å². The van der Waals surface area contributed by atoms with Crippen molar-refractivity contribution in [2.45, 2.75) is 25.9 Å². The van der Waals surface area contributed by atoms with Crippen molar-refractivity contribution in [3.63, 3.8) is 0 Å².